The number of aromatic nitrogens is 2. The summed E-state index contributed by atoms with van der Waals surface area (Å²) in [5.74, 6) is 0.858. The minimum atomic E-state index is -4.38. The van der Waals surface area contributed by atoms with Crippen molar-refractivity contribution in [2.75, 3.05) is 6.54 Å². The lowest BCUT2D eigenvalue weighted by Gasteiger charge is -2.25. The first-order valence-corrected chi connectivity index (χ1v) is 7.18. The molecule has 2 atom stereocenters. The number of halogens is 4. The molecule has 126 valence electrons. The number of nitrogens with one attached hydrogen (secondary N) is 1. The highest BCUT2D eigenvalue weighted by Gasteiger charge is 2.31. The van der Waals surface area contributed by atoms with Gasteiger partial charge < -0.3 is 9.84 Å². The molecule has 0 aliphatic carbocycles. The van der Waals surface area contributed by atoms with E-state index in [0.717, 1.165) is 31.5 Å². The lowest BCUT2D eigenvalue weighted by atomic mass is 9.93. The molecule has 8 heteroatoms. The van der Waals surface area contributed by atoms with Gasteiger partial charge in [-0.3, -0.25) is 0 Å². The predicted octanol–water partition coefficient (Wildman–Crippen LogP) is 4.03. The zero-order valence-corrected chi connectivity index (χ0v) is 13.2. The summed E-state index contributed by atoms with van der Waals surface area (Å²) in [6.07, 6.45) is -2.62. The summed E-state index contributed by atoms with van der Waals surface area (Å²) in [6.45, 7) is 2.95. The minimum Gasteiger partial charge on any atom is -0.339 e. The van der Waals surface area contributed by atoms with Gasteiger partial charge in [-0.25, -0.2) is 0 Å². The summed E-state index contributed by atoms with van der Waals surface area (Å²) < 4.78 is 43.5. The van der Waals surface area contributed by atoms with Crippen molar-refractivity contribution in [2.24, 2.45) is 0 Å². The fourth-order valence-corrected chi connectivity index (χ4v) is 2.71. The number of nitrogens with zero attached hydrogens (tertiary/aromatic N) is 2. The summed E-state index contributed by atoms with van der Waals surface area (Å²) >= 11 is 0. The molecule has 1 fully saturated rings. The van der Waals surface area contributed by atoms with Crippen molar-refractivity contribution in [2.45, 2.75) is 37.9 Å². The zero-order valence-electron chi connectivity index (χ0n) is 12.4. The molecule has 3 rings (SSSR count). The number of benzene rings is 1. The molecular formula is C15H17ClF3N3O. The second-order valence-electron chi connectivity index (χ2n) is 5.61. The smallest absolute Gasteiger partial charge is 0.339 e. The number of alkyl halides is 3. The predicted molar refractivity (Wildman–Crippen MR) is 81.4 cm³/mol. The van der Waals surface area contributed by atoms with Gasteiger partial charge in [-0.05, 0) is 38.4 Å². The first-order valence-electron chi connectivity index (χ1n) is 7.18. The van der Waals surface area contributed by atoms with Crippen LogP contribution >= 0.6 is 12.4 Å². The van der Waals surface area contributed by atoms with Crippen LogP contribution in [0.1, 0.15) is 37.1 Å². The van der Waals surface area contributed by atoms with Crippen molar-refractivity contribution < 1.29 is 17.7 Å². The highest BCUT2D eigenvalue weighted by atomic mass is 35.5. The number of hydrogen-bond donors (Lipinski definition) is 1. The van der Waals surface area contributed by atoms with Gasteiger partial charge in [-0.1, -0.05) is 17.3 Å². The first kappa shape index (κ1) is 17.7. The van der Waals surface area contributed by atoms with Gasteiger partial charge in [-0.15, -0.1) is 12.4 Å². The van der Waals surface area contributed by atoms with Crippen molar-refractivity contribution in [3.05, 3.63) is 35.7 Å². The molecule has 1 N–H and O–H groups in total. The van der Waals surface area contributed by atoms with Crippen LogP contribution in [0.2, 0.25) is 0 Å². The highest BCUT2D eigenvalue weighted by Crippen LogP contribution is 2.32. The Morgan fingerprint density at radius 1 is 1.30 bits per heavy atom. The van der Waals surface area contributed by atoms with Gasteiger partial charge in [0.1, 0.15) is 0 Å². The van der Waals surface area contributed by atoms with Crippen LogP contribution in [0, 0.1) is 0 Å². The fourth-order valence-electron chi connectivity index (χ4n) is 2.71. The molecular weight excluding hydrogens is 331 g/mol. The average Bonchev–Trinajstić information content (AvgIpc) is 2.96. The Morgan fingerprint density at radius 3 is 2.78 bits per heavy atom. The van der Waals surface area contributed by atoms with E-state index in [1.165, 1.54) is 6.07 Å². The normalized spacial score (nSPS) is 21.7. The van der Waals surface area contributed by atoms with E-state index < -0.39 is 11.7 Å². The Hall–Kier alpha value is -1.60. The van der Waals surface area contributed by atoms with Crippen molar-refractivity contribution in [1.29, 1.82) is 0 Å². The molecule has 0 spiro atoms. The monoisotopic (exact) mass is 347 g/mol. The van der Waals surface area contributed by atoms with Crippen molar-refractivity contribution >= 4 is 12.4 Å². The number of hydrogen-bond acceptors (Lipinski definition) is 4. The van der Waals surface area contributed by atoms with Gasteiger partial charge >= 0.3 is 6.18 Å². The van der Waals surface area contributed by atoms with Crippen molar-refractivity contribution in [3.8, 4) is 11.4 Å². The van der Waals surface area contributed by atoms with E-state index in [1.54, 1.807) is 6.07 Å². The maximum Gasteiger partial charge on any atom is 0.416 e. The fraction of sp³-hybridized carbons (Fsp3) is 0.467. The highest BCUT2D eigenvalue weighted by molar-refractivity contribution is 5.85. The molecule has 1 aliphatic rings. The molecule has 2 heterocycles. The van der Waals surface area contributed by atoms with Gasteiger partial charge in [0.2, 0.25) is 11.7 Å². The summed E-state index contributed by atoms with van der Waals surface area (Å²) in [6, 6.07) is 5.33. The largest absolute Gasteiger partial charge is 0.416 e. The van der Waals surface area contributed by atoms with Crippen LogP contribution in [-0.2, 0) is 6.18 Å². The molecule has 4 nitrogen and oxygen atoms in total. The van der Waals surface area contributed by atoms with E-state index in [1.807, 2.05) is 0 Å². The van der Waals surface area contributed by atoms with Crippen LogP contribution in [0.3, 0.4) is 0 Å². The second-order valence-corrected chi connectivity index (χ2v) is 5.61. The molecule has 1 aromatic heterocycles. The number of piperidine rings is 1. The first-order chi connectivity index (χ1) is 10.4. The Morgan fingerprint density at radius 2 is 2.09 bits per heavy atom. The summed E-state index contributed by atoms with van der Waals surface area (Å²) in [4.78, 5) is 4.29. The topological polar surface area (TPSA) is 51.0 Å². The third-order valence-electron chi connectivity index (χ3n) is 3.86. The van der Waals surface area contributed by atoms with E-state index in [9.17, 15) is 13.2 Å². The summed E-state index contributed by atoms with van der Waals surface area (Å²) in [7, 11) is 0. The lowest BCUT2D eigenvalue weighted by Crippen LogP contribution is -2.34. The molecule has 0 radical (unpaired) electrons. The molecule has 0 amide bonds. The van der Waals surface area contributed by atoms with E-state index in [0.29, 0.717) is 17.5 Å². The minimum absolute atomic E-state index is 0. The molecule has 1 aromatic carbocycles. The summed E-state index contributed by atoms with van der Waals surface area (Å²) in [5.41, 5.74) is -0.404. The standard InChI is InChI=1S/C15H16F3N3O.ClH/c1-9-7-11(5-6-19-9)14-20-13(21-22-14)10-3-2-4-12(8-10)15(16,17)18;/h2-4,8-9,11,19H,5-7H2,1H3;1H/t9-,11-;/m0./s1. The zero-order chi connectivity index (χ0) is 15.7. The van der Waals surface area contributed by atoms with Gasteiger partial charge in [0.15, 0.2) is 0 Å². The van der Waals surface area contributed by atoms with Gasteiger partial charge in [0, 0.05) is 17.5 Å². The quantitative estimate of drug-likeness (QED) is 0.891. The van der Waals surface area contributed by atoms with Crippen molar-refractivity contribution in [3.63, 3.8) is 0 Å². The van der Waals surface area contributed by atoms with Crippen molar-refractivity contribution in [1.82, 2.24) is 15.5 Å². The molecule has 23 heavy (non-hydrogen) atoms. The van der Waals surface area contributed by atoms with E-state index in [4.69, 9.17) is 4.52 Å². The molecule has 0 bridgehead atoms. The van der Waals surface area contributed by atoms with Gasteiger partial charge in [0.05, 0.1) is 5.56 Å². The van der Waals surface area contributed by atoms with Crippen LogP contribution in [-0.4, -0.2) is 22.7 Å². The summed E-state index contributed by atoms with van der Waals surface area (Å²) in [5, 5.41) is 7.17. The van der Waals surface area contributed by atoms with Crippen LogP contribution in [0.4, 0.5) is 13.2 Å². The van der Waals surface area contributed by atoms with Crippen LogP contribution in [0.5, 0.6) is 0 Å². The SMILES string of the molecule is C[C@H]1C[C@@H](c2nc(-c3cccc(C(F)(F)F)c3)no2)CCN1.Cl. The van der Waals surface area contributed by atoms with Crippen LogP contribution in [0.25, 0.3) is 11.4 Å². The van der Waals surface area contributed by atoms with Gasteiger partial charge in [-0.2, -0.15) is 18.2 Å². The maximum atomic E-state index is 12.8. The molecule has 2 aromatic rings. The van der Waals surface area contributed by atoms with Gasteiger partial charge in [0.25, 0.3) is 0 Å². The number of rotatable bonds is 2. The lowest BCUT2D eigenvalue weighted by molar-refractivity contribution is -0.137. The van der Waals surface area contributed by atoms with E-state index >= 15 is 0 Å². The Kier molecular flexibility index (Phi) is 5.31. The molecule has 0 unspecified atom stereocenters. The third-order valence-corrected chi connectivity index (χ3v) is 3.86. The van der Waals surface area contributed by atoms with E-state index in [2.05, 4.69) is 22.4 Å². The van der Waals surface area contributed by atoms with Crippen LogP contribution < -0.4 is 5.32 Å². The second kappa shape index (κ2) is 6.88. The average molecular weight is 348 g/mol. The Balaban J connectivity index is 0.00000192. The van der Waals surface area contributed by atoms with Crippen LogP contribution in [0.15, 0.2) is 28.8 Å². The third kappa shape index (κ3) is 4.03. The Labute approximate surface area is 137 Å². The maximum absolute atomic E-state index is 12.8. The Bertz CT molecular complexity index is 659. The molecule has 1 saturated heterocycles. The van der Waals surface area contributed by atoms with E-state index in [-0.39, 0.29) is 24.1 Å². The molecule has 0 saturated carbocycles. The molecule has 1 aliphatic heterocycles.